The van der Waals surface area contributed by atoms with Crippen LogP contribution in [0.3, 0.4) is 0 Å². The van der Waals surface area contributed by atoms with Crippen LogP contribution in [0.2, 0.25) is 0 Å². The lowest BCUT2D eigenvalue weighted by atomic mass is 10.1. The summed E-state index contributed by atoms with van der Waals surface area (Å²) in [5.74, 6) is 0.542. The van der Waals surface area contributed by atoms with E-state index in [0.29, 0.717) is 18.3 Å². The van der Waals surface area contributed by atoms with Gasteiger partial charge < -0.3 is 9.42 Å². The molecular formula is C17H16FN3O2S. The molecule has 0 saturated carbocycles. The Morgan fingerprint density at radius 2 is 2.08 bits per heavy atom. The van der Waals surface area contributed by atoms with Gasteiger partial charge in [-0.3, -0.25) is 4.79 Å². The number of thiophene rings is 1. The van der Waals surface area contributed by atoms with Crippen LogP contribution < -0.4 is 0 Å². The Labute approximate surface area is 142 Å². The van der Waals surface area contributed by atoms with Crippen LogP contribution in [0.5, 0.6) is 0 Å². The van der Waals surface area contributed by atoms with Crippen molar-refractivity contribution in [1.29, 1.82) is 0 Å². The minimum Gasteiger partial charge on any atom is -0.337 e. The van der Waals surface area contributed by atoms with Crippen LogP contribution in [-0.4, -0.2) is 27.5 Å². The summed E-state index contributed by atoms with van der Waals surface area (Å²) in [4.78, 5) is 19.3. The Bertz CT molecular complexity index is 800. The van der Waals surface area contributed by atoms with Crippen molar-refractivity contribution in [1.82, 2.24) is 15.0 Å². The summed E-state index contributed by atoms with van der Waals surface area (Å²) in [6.07, 6.45) is 0.208. The van der Waals surface area contributed by atoms with Gasteiger partial charge in [0, 0.05) is 6.54 Å². The van der Waals surface area contributed by atoms with Gasteiger partial charge in [-0.25, -0.2) is 4.39 Å². The summed E-state index contributed by atoms with van der Waals surface area (Å²) < 4.78 is 18.2. The summed E-state index contributed by atoms with van der Waals surface area (Å²) in [5.41, 5.74) is 0.768. The molecule has 2 aromatic heterocycles. The van der Waals surface area contributed by atoms with Crippen LogP contribution in [0.15, 0.2) is 46.3 Å². The first kappa shape index (κ1) is 16.3. The molecule has 24 heavy (non-hydrogen) atoms. The number of carbonyl (C=O) groups is 1. The minimum absolute atomic E-state index is 0.0695. The number of nitrogens with zero attached hydrogens (tertiary/aromatic N) is 3. The Morgan fingerprint density at radius 3 is 2.75 bits per heavy atom. The van der Waals surface area contributed by atoms with Crippen molar-refractivity contribution in [3.05, 3.63) is 59.0 Å². The fraction of sp³-hybridized carbons (Fsp3) is 0.235. The average molecular weight is 345 g/mol. The zero-order valence-electron chi connectivity index (χ0n) is 13.1. The van der Waals surface area contributed by atoms with E-state index in [1.165, 1.54) is 23.5 Å². The van der Waals surface area contributed by atoms with Gasteiger partial charge in [0.1, 0.15) is 5.82 Å². The van der Waals surface area contributed by atoms with Crippen molar-refractivity contribution in [2.45, 2.75) is 19.9 Å². The monoisotopic (exact) mass is 345 g/mol. The fourth-order valence-electron chi connectivity index (χ4n) is 2.25. The predicted octanol–water partition coefficient (Wildman–Crippen LogP) is 3.53. The molecule has 3 aromatic rings. The molecule has 1 amide bonds. The normalized spacial score (nSPS) is 10.8. The van der Waals surface area contributed by atoms with E-state index in [1.807, 2.05) is 24.4 Å². The maximum atomic E-state index is 12.9. The molecule has 0 spiro atoms. The molecule has 0 aliphatic carbocycles. The van der Waals surface area contributed by atoms with Gasteiger partial charge in [0.2, 0.25) is 17.6 Å². The van der Waals surface area contributed by atoms with Gasteiger partial charge in [-0.15, -0.1) is 11.3 Å². The van der Waals surface area contributed by atoms with Gasteiger partial charge >= 0.3 is 0 Å². The SMILES string of the molecule is CCN(Cc1nc(-c2cccs2)no1)C(=O)Cc1ccc(F)cc1. The van der Waals surface area contributed by atoms with E-state index >= 15 is 0 Å². The maximum absolute atomic E-state index is 12.9. The van der Waals surface area contributed by atoms with Crippen molar-refractivity contribution >= 4 is 17.2 Å². The first-order chi connectivity index (χ1) is 11.7. The third kappa shape index (κ3) is 3.86. The highest BCUT2D eigenvalue weighted by Crippen LogP contribution is 2.21. The lowest BCUT2D eigenvalue weighted by molar-refractivity contribution is -0.131. The molecule has 3 rings (SSSR count). The van der Waals surface area contributed by atoms with Crippen molar-refractivity contribution in [2.75, 3.05) is 6.54 Å². The zero-order valence-corrected chi connectivity index (χ0v) is 13.9. The van der Waals surface area contributed by atoms with Gasteiger partial charge in [0.15, 0.2) is 0 Å². The minimum atomic E-state index is -0.314. The summed E-state index contributed by atoms with van der Waals surface area (Å²) in [6.45, 7) is 2.67. The molecular weight excluding hydrogens is 329 g/mol. The topological polar surface area (TPSA) is 59.2 Å². The summed E-state index contributed by atoms with van der Waals surface area (Å²) in [7, 11) is 0. The predicted molar refractivity (Wildman–Crippen MR) is 88.8 cm³/mol. The summed E-state index contributed by atoms with van der Waals surface area (Å²) in [6, 6.07) is 9.76. The second-order valence-corrected chi connectivity index (χ2v) is 6.15. The molecule has 7 heteroatoms. The van der Waals surface area contributed by atoms with Crippen molar-refractivity contribution in [3.8, 4) is 10.7 Å². The second kappa shape index (κ2) is 7.35. The van der Waals surface area contributed by atoms with E-state index in [2.05, 4.69) is 10.1 Å². The van der Waals surface area contributed by atoms with Crippen molar-refractivity contribution < 1.29 is 13.7 Å². The van der Waals surface area contributed by atoms with Crippen LogP contribution in [0, 0.1) is 5.82 Å². The number of hydrogen-bond donors (Lipinski definition) is 0. The maximum Gasteiger partial charge on any atom is 0.246 e. The quantitative estimate of drug-likeness (QED) is 0.686. The number of rotatable bonds is 6. The van der Waals surface area contributed by atoms with Crippen LogP contribution in [-0.2, 0) is 17.8 Å². The first-order valence-electron chi connectivity index (χ1n) is 7.54. The average Bonchev–Trinajstić information content (AvgIpc) is 3.25. The molecule has 5 nitrogen and oxygen atoms in total. The first-order valence-corrected chi connectivity index (χ1v) is 8.42. The van der Waals surface area contributed by atoms with Crippen molar-refractivity contribution in [3.63, 3.8) is 0 Å². The van der Waals surface area contributed by atoms with Crippen LogP contribution >= 0.6 is 11.3 Å². The van der Waals surface area contributed by atoms with Gasteiger partial charge in [-0.2, -0.15) is 4.98 Å². The van der Waals surface area contributed by atoms with Gasteiger partial charge in [-0.05, 0) is 36.1 Å². The van der Waals surface area contributed by atoms with Crippen molar-refractivity contribution in [2.24, 2.45) is 0 Å². The highest BCUT2D eigenvalue weighted by atomic mass is 32.1. The second-order valence-electron chi connectivity index (χ2n) is 5.20. The molecule has 0 aliphatic rings. The molecule has 0 aliphatic heterocycles. The number of carbonyl (C=O) groups excluding carboxylic acids is 1. The molecule has 0 atom stereocenters. The number of halogens is 1. The van der Waals surface area contributed by atoms with Gasteiger partial charge in [0.05, 0.1) is 17.8 Å². The number of aromatic nitrogens is 2. The van der Waals surface area contributed by atoms with Crippen LogP contribution in [0.4, 0.5) is 4.39 Å². The highest BCUT2D eigenvalue weighted by Gasteiger charge is 2.17. The van der Waals surface area contributed by atoms with E-state index < -0.39 is 0 Å². The summed E-state index contributed by atoms with van der Waals surface area (Å²) >= 11 is 1.53. The molecule has 0 unspecified atom stereocenters. The zero-order chi connectivity index (χ0) is 16.9. The molecule has 0 N–H and O–H groups in total. The standard InChI is InChI=1S/C17H16FN3O2S/c1-2-21(16(22)10-12-5-7-13(18)8-6-12)11-15-19-17(20-23-15)14-4-3-9-24-14/h3-9H,2,10-11H2,1H3. The Kier molecular flexibility index (Phi) is 5.00. The third-order valence-corrected chi connectivity index (χ3v) is 4.40. The van der Waals surface area contributed by atoms with E-state index in [0.717, 1.165) is 10.4 Å². The van der Waals surface area contributed by atoms with Crippen LogP contribution in [0.25, 0.3) is 10.7 Å². The Morgan fingerprint density at radius 1 is 1.29 bits per heavy atom. The number of benzene rings is 1. The smallest absolute Gasteiger partial charge is 0.246 e. The number of likely N-dealkylation sites (N-methyl/N-ethyl adjacent to an activating group) is 1. The lowest BCUT2D eigenvalue weighted by Crippen LogP contribution is -2.31. The number of amides is 1. The fourth-order valence-corrected chi connectivity index (χ4v) is 2.90. The summed E-state index contributed by atoms with van der Waals surface area (Å²) in [5, 5.41) is 5.88. The Hall–Kier alpha value is -2.54. The molecule has 2 heterocycles. The molecule has 1 aromatic carbocycles. The van der Waals surface area contributed by atoms with Gasteiger partial charge in [-0.1, -0.05) is 23.4 Å². The molecule has 0 saturated heterocycles. The van der Waals surface area contributed by atoms with E-state index in [4.69, 9.17) is 4.52 Å². The largest absolute Gasteiger partial charge is 0.337 e. The van der Waals surface area contributed by atoms with E-state index in [1.54, 1.807) is 17.0 Å². The molecule has 0 radical (unpaired) electrons. The lowest BCUT2D eigenvalue weighted by Gasteiger charge is -2.18. The molecule has 0 fully saturated rings. The highest BCUT2D eigenvalue weighted by molar-refractivity contribution is 7.13. The van der Waals surface area contributed by atoms with E-state index in [-0.39, 0.29) is 24.7 Å². The van der Waals surface area contributed by atoms with E-state index in [9.17, 15) is 9.18 Å². The van der Waals surface area contributed by atoms with Crippen LogP contribution in [0.1, 0.15) is 18.4 Å². The Balaban J connectivity index is 1.65. The number of hydrogen-bond acceptors (Lipinski definition) is 5. The third-order valence-electron chi connectivity index (χ3n) is 3.54. The molecule has 0 bridgehead atoms. The molecule has 124 valence electrons. The van der Waals surface area contributed by atoms with Gasteiger partial charge in [0.25, 0.3) is 0 Å².